The van der Waals surface area contributed by atoms with Gasteiger partial charge in [0.05, 0.1) is 6.61 Å². The lowest BCUT2D eigenvalue weighted by molar-refractivity contribution is -0.151. The van der Waals surface area contributed by atoms with Crippen LogP contribution in [-0.4, -0.2) is 41.3 Å². The normalized spacial score (nSPS) is 27.4. The Hall–Kier alpha value is -0.260. The average Bonchev–Trinajstić information content (AvgIpc) is 2.72. The van der Waals surface area contributed by atoms with Crippen molar-refractivity contribution in [1.29, 1.82) is 0 Å². The first kappa shape index (κ1) is 15.8. The molecule has 1 aliphatic rings. The molecule has 0 aromatic heterocycles. The zero-order chi connectivity index (χ0) is 13.4. The largest absolute Gasteiger partial charge is 0.465 e. The highest BCUT2D eigenvalue weighted by atomic mass is 32.2. The predicted octanol–water partition coefficient (Wildman–Crippen LogP) is 1.55. The van der Waals surface area contributed by atoms with Gasteiger partial charge in [-0.1, -0.05) is 6.42 Å². The molecule has 0 saturated heterocycles. The van der Waals surface area contributed by atoms with Gasteiger partial charge in [0.25, 0.3) is 0 Å². The smallest absolute Gasteiger partial charge is 0.326 e. The maximum absolute atomic E-state index is 11.9. The summed E-state index contributed by atoms with van der Waals surface area (Å²) in [5.41, 5.74) is 5.49. The minimum absolute atomic E-state index is 0.229. The first-order chi connectivity index (χ1) is 8.65. The van der Waals surface area contributed by atoms with E-state index in [1.54, 1.807) is 0 Å². The molecule has 0 aromatic rings. The standard InChI is InChI=1S/C13H25NO3S/c1-2-17-12(16)13(14)7-3-5-11(13)6-10-18-9-4-8-15/h11,15H,2-10,14H2,1H3. The van der Waals surface area contributed by atoms with Crippen molar-refractivity contribution in [3.63, 3.8) is 0 Å². The highest BCUT2D eigenvalue weighted by Gasteiger charge is 2.46. The van der Waals surface area contributed by atoms with E-state index in [1.807, 2.05) is 18.7 Å². The molecule has 2 atom stereocenters. The van der Waals surface area contributed by atoms with E-state index in [9.17, 15) is 4.79 Å². The van der Waals surface area contributed by atoms with Gasteiger partial charge in [0.15, 0.2) is 0 Å². The van der Waals surface area contributed by atoms with Crippen LogP contribution in [0, 0.1) is 5.92 Å². The van der Waals surface area contributed by atoms with Gasteiger partial charge in [0.2, 0.25) is 0 Å². The number of hydrogen-bond acceptors (Lipinski definition) is 5. The van der Waals surface area contributed by atoms with Crippen LogP contribution < -0.4 is 5.73 Å². The molecule has 0 radical (unpaired) electrons. The van der Waals surface area contributed by atoms with Crippen LogP contribution in [0.2, 0.25) is 0 Å². The number of esters is 1. The number of carbonyl (C=O) groups excluding carboxylic acids is 1. The molecule has 2 unspecified atom stereocenters. The Morgan fingerprint density at radius 3 is 3.00 bits per heavy atom. The second-order valence-electron chi connectivity index (χ2n) is 4.83. The van der Waals surface area contributed by atoms with Crippen molar-refractivity contribution in [3.05, 3.63) is 0 Å². The van der Waals surface area contributed by atoms with Crippen molar-refractivity contribution in [2.24, 2.45) is 11.7 Å². The maximum atomic E-state index is 11.9. The summed E-state index contributed by atoms with van der Waals surface area (Å²) in [6.07, 6.45) is 4.58. The molecule has 1 aliphatic carbocycles. The van der Waals surface area contributed by atoms with Gasteiger partial charge >= 0.3 is 5.97 Å². The van der Waals surface area contributed by atoms with Crippen LogP contribution in [0.3, 0.4) is 0 Å². The minimum atomic E-state index is -0.756. The average molecular weight is 275 g/mol. The molecule has 0 amide bonds. The summed E-state index contributed by atoms with van der Waals surface area (Å²) in [5, 5.41) is 8.70. The van der Waals surface area contributed by atoms with Crippen LogP contribution in [-0.2, 0) is 9.53 Å². The van der Waals surface area contributed by atoms with Crippen molar-refractivity contribution >= 4 is 17.7 Å². The monoisotopic (exact) mass is 275 g/mol. The van der Waals surface area contributed by atoms with Crippen LogP contribution in [0.25, 0.3) is 0 Å². The first-order valence-corrected chi connectivity index (χ1v) is 7.95. The third-order valence-corrected chi connectivity index (χ3v) is 4.69. The number of thioether (sulfide) groups is 1. The third-order valence-electron chi connectivity index (χ3n) is 3.58. The summed E-state index contributed by atoms with van der Waals surface area (Å²) in [6, 6.07) is 0. The van der Waals surface area contributed by atoms with E-state index in [4.69, 9.17) is 15.6 Å². The Morgan fingerprint density at radius 1 is 1.56 bits per heavy atom. The Bertz CT molecular complexity index is 263. The molecule has 106 valence electrons. The predicted molar refractivity (Wildman–Crippen MR) is 74.5 cm³/mol. The highest BCUT2D eigenvalue weighted by Crippen LogP contribution is 2.37. The van der Waals surface area contributed by atoms with Gasteiger partial charge in [-0.05, 0) is 50.0 Å². The van der Waals surface area contributed by atoms with Gasteiger partial charge in [-0.15, -0.1) is 0 Å². The number of carbonyl (C=O) groups is 1. The molecule has 1 fully saturated rings. The van der Waals surface area contributed by atoms with E-state index in [-0.39, 0.29) is 18.5 Å². The van der Waals surface area contributed by atoms with Crippen molar-refractivity contribution < 1.29 is 14.6 Å². The van der Waals surface area contributed by atoms with E-state index in [2.05, 4.69) is 0 Å². The van der Waals surface area contributed by atoms with Crippen LogP contribution in [0.15, 0.2) is 0 Å². The zero-order valence-corrected chi connectivity index (χ0v) is 12.0. The van der Waals surface area contributed by atoms with Crippen molar-refractivity contribution in [2.45, 2.75) is 44.6 Å². The first-order valence-electron chi connectivity index (χ1n) is 6.80. The summed E-state index contributed by atoms with van der Waals surface area (Å²) in [6.45, 7) is 2.46. The van der Waals surface area contributed by atoms with Gasteiger partial charge < -0.3 is 15.6 Å². The number of nitrogens with two attached hydrogens (primary N) is 1. The minimum Gasteiger partial charge on any atom is -0.465 e. The molecule has 0 aliphatic heterocycles. The van der Waals surface area contributed by atoms with Crippen LogP contribution in [0.1, 0.15) is 39.0 Å². The van der Waals surface area contributed by atoms with Crippen LogP contribution in [0.4, 0.5) is 0 Å². The Morgan fingerprint density at radius 2 is 2.33 bits per heavy atom. The lowest BCUT2D eigenvalue weighted by Crippen LogP contribution is -2.52. The molecule has 1 rings (SSSR count). The Labute approximate surface area is 114 Å². The summed E-state index contributed by atoms with van der Waals surface area (Å²) < 4.78 is 5.10. The van der Waals surface area contributed by atoms with Gasteiger partial charge in [0, 0.05) is 6.61 Å². The molecule has 0 aromatic carbocycles. The fraction of sp³-hybridized carbons (Fsp3) is 0.923. The second-order valence-corrected chi connectivity index (χ2v) is 6.05. The molecule has 3 N–H and O–H groups in total. The summed E-state index contributed by atoms with van der Waals surface area (Å²) in [4.78, 5) is 11.9. The van der Waals surface area contributed by atoms with E-state index in [0.717, 1.165) is 43.6 Å². The molecule has 1 saturated carbocycles. The Kier molecular flexibility index (Phi) is 7.04. The molecule has 0 spiro atoms. The fourth-order valence-electron chi connectivity index (χ4n) is 2.53. The van der Waals surface area contributed by atoms with Gasteiger partial charge in [0.1, 0.15) is 5.54 Å². The van der Waals surface area contributed by atoms with E-state index < -0.39 is 5.54 Å². The van der Waals surface area contributed by atoms with Crippen LogP contribution in [0.5, 0.6) is 0 Å². The Balaban J connectivity index is 2.36. The van der Waals surface area contributed by atoms with Gasteiger partial charge in [-0.2, -0.15) is 11.8 Å². The molecule has 0 bridgehead atoms. The van der Waals surface area contributed by atoms with E-state index in [1.165, 1.54) is 0 Å². The summed E-state index contributed by atoms with van der Waals surface area (Å²) >= 11 is 1.82. The van der Waals surface area contributed by atoms with Gasteiger partial charge in [-0.3, -0.25) is 4.79 Å². The number of aliphatic hydroxyl groups excluding tert-OH is 1. The van der Waals surface area contributed by atoms with Gasteiger partial charge in [-0.25, -0.2) is 0 Å². The van der Waals surface area contributed by atoms with Crippen LogP contribution >= 0.6 is 11.8 Å². The second kappa shape index (κ2) is 8.02. The number of rotatable bonds is 8. The quantitative estimate of drug-likeness (QED) is 0.519. The van der Waals surface area contributed by atoms with E-state index in [0.29, 0.717) is 6.61 Å². The maximum Gasteiger partial charge on any atom is 0.326 e. The van der Waals surface area contributed by atoms with Crippen molar-refractivity contribution in [3.8, 4) is 0 Å². The lowest BCUT2D eigenvalue weighted by Gasteiger charge is -2.28. The molecule has 5 heteroatoms. The zero-order valence-electron chi connectivity index (χ0n) is 11.2. The molecular weight excluding hydrogens is 250 g/mol. The number of ether oxygens (including phenoxy) is 1. The SMILES string of the molecule is CCOC(=O)C1(N)CCCC1CCSCCCO. The lowest BCUT2D eigenvalue weighted by atomic mass is 9.86. The van der Waals surface area contributed by atoms with E-state index >= 15 is 0 Å². The third kappa shape index (κ3) is 4.14. The molecular formula is C13H25NO3S. The fourth-order valence-corrected chi connectivity index (χ4v) is 3.52. The van der Waals surface area contributed by atoms with Crippen molar-refractivity contribution in [2.75, 3.05) is 24.7 Å². The van der Waals surface area contributed by atoms with Crippen molar-refractivity contribution in [1.82, 2.24) is 0 Å². The number of hydrogen-bond donors (Lipinski definition) is 2. The summed E-state index contributed by atoms with van der Waals surface area (Å²) in [5.74, 6) is 1.99. The molecule has 0 heterocycles. The highest BCUT2D eigenvalue weighted by molar-refractivity contribution is 7.99. The number of aliphatic hydroxyl groups is 1. The topological polar surface area (TPSA) is 72.5 Å². The molecule has 18 heavy (non-hydrogen) atoms. The molecule has 4 nitrogen and oxygen atoms in total. The summed E-state index contributed by atoms with van der Waals surface area (Å²) in [7, 11) is 0.